The first kappa shape index (κ1) is 14.1. The molecule has 0 amide bonds. The zero-order valence-electron chi connectivity index (χ0n) is 12.1. The van der Waals surface area contributed by atoms with Crippen molar-refractivity contribution in [2.24, 2.45) is 5.73 Å². The fraction of sp³-hybridized carbons (Fsp3) is 0.625. The molecule has 1 aromatic rings. The zero-order chi connectivity index (χ0) is 14.0. The van der Waals surface area contributed by atoms with Crippen LogP contribution in [-0.2, 0) is 5.41 Å². The Morgan fingerprint density at radius 3 is 2.55 bits per heavy atom. The lowest BCUT2D eigenvalue weighted by atomic mass is 9.79. The topological polar surface area (TPSA) is 44.5 Å². The summed E-state index contributed by atoms with van der Waals surface area (Å²) < 4.78 is 11.5. The first-order valence-electron chi connectivity index (χ1n) is 7.40. The quantitative estimate of drug-likeness (QED) is 0.906. The van der Waals surface area contributed by atoms with Gasteiger partial charge in [0.25, 0.3) is 0 Å². The molecule has 0 radical (unpaired) electrons. The SMILES string of the molecule is COc1ccc(C2(CN)CCCC2)cc1OC1CSC1. The molecule has 0 aromatic heterocycles. The molecule has 1 aromatic carbocycles. The Balaban J connectivity index is 1.89. The summed E-state index contributed by atoms with van der Waals surface area (Å²) in [6.45, 7) is 0.720. The Morgan fingerprint density at radius 1 is 1.25 bits per heavy atom. The number of hydrogen-bond acceptors (Lipinski definition) is 4. The van der Waals surface area contributed by atoms with Crippen LogP contribution in [0.1, 0.15) is 31.2 Å². The highest BCUT2D eigenvalue weighted by atomic mass is 32.2. The molecule has 3 rings (SSSR count). The number of rotatable bonds is 5. The molecule has 2 fully saturated rings. The summed E-state index contributed by atoms with van der Waals surface area (Å²) >= 11 is 1.93. The first-order valence-corrected chi connectivity index (χ1v) is 8.56. The molecule has 1 aliphatic carbocycles. The fourth-order valence-corrected chi connectivity index (χ4v) is 3.79. The van der Waals surface area contributed by atoms with Gasteiger partial charge in [-0.2, -0.15) is 11.8 Å². The van der Waals surface area contributed by atoms with Crippen molar-refractivity contribution in [1.82, 2.24) is 0 Å². The molecule has 0 spiro atoms. The van der Waals surface area contributed by atoms with E-state index >= 15 is 0 Å². The molecule has 0 unspecified atom stereocenters. The smallest absolute Gasteiger partial charge is 0.161 e. The van der Waals surface area contributed by atoms with Gasteiger partial charge in [0, 0.05) is 23.5 Å². The number of thioether (sulfide) groups is 1. The monoisotopic (exact) mass is 293 g/mol. The van der Waals surface area contributed by atoms with Crippen molar-refractivity contribution in [1.29, 1.82) is 0 Å². The molecule has 2 aliphatic rings. The molecule has 1 heterocycles. The van der Waals surface area contributed by atoms with E-state index in [1.54, 1.807) is 7.11 Å². The molecule has 1 saturated carbocycles. The van der Waals surface area contributed by atoms with Gasteiger partial charge in [-0.15, -0.1) is 0 Å². The molecular weight excluding hydrogens is 270 g/mol. The van der Waals surface area contributed by atoms with Gasteiger partial charge in [-0.1, -0.05) is 18.9 Å². The molecular formula is C16H23NO2S. The van der Waals surface area contributed by atoms with E-state index < -0.39 is 0 Å². The van der Waals surface area contributed by atoms with E-state index in [4.69, 9.17) is 15.2 Å². The average Bonchev–Trinajstić information content (AvgIpc) is 2.92. The van der Waals surface area contributed by atoms with E-state index in [1.807, 2.05) is 17.8 Å². The summed E-state index contributed by atoms with van der Waals surface area (Å²) in [5.74, 6) is 3.87. The van der Waals surface area contributed by atoms with Gasteiger partial charge in [0.2, 0.25) is 0 Å². The minimum absolute atomic E-state index is 0.152. The van der Waals surface area contributed by atoms with E-state index in [0.717, 1.165) is 29.5 Å². The Labute approximate surface area is 125 Å². The van der Waals surface area contributed by atoms with E-state index in [2.05, 4.69) is 12.1 Å². The van der Waals surface area contributed by atoms with Gasteiger partial charge >= 0.3 is 0 Å². The van der Waals surface area contributed by atoms with Gasteiger partial charge in [0.05, 0.1) is 7.11 Å². The maximum Gasteiger partial charge on any atom is 0.161 e. The van der Waals surface area contributed by atoms with E-state index in [1.165, 1.54) is 31.2 Å². The average molecular weight is 293 g/mol. The van der Waals surface area contributed by atoms with Crippen molar-refractivity contribution in [2.75, 3.05) is 25.2 Å². The van der Waals surface area contributed by atoms with Gasteiger partial charge in [0.1, 0.15) is 6.10 Å². The van der Waals surface area contributed by atoms with Gasteiger partial charge in [-0.05, 0) is 30.5 Å². The Kier molecular flexibility index (Phi) is 4.13. The standard InChI is InChI=1S/C16H23NO2S/c1-18-14-5-4-12(16(11-17)6-2-3-7-16)8-15(14)19-13-9-20-10-13/h4-5,8,13H,2-3,6-7,9-11,17H2,1H3. The number of benzene rings is 1. The molecule has 0 bridgehead atoms. The lowest BCUT2D eigenvalue weighted by Crippen LogP contribution is -2.33. The van der Waals surface area contributed by atoms with Crippen LogP contribution in [0.5, 0.6) is 11.5 Å². The highest BCUT2D eigenvalue weighted by Gasteiger charge is 2.35. The van der Waals surface area contributed by atoms with Crippen LogP contribution < -0.4 is 15.2 Å². The highest BCUT2D eigenvalue weighted by Crippen LogP contribution is 2.43. The molecule has 1 saturated heterocycles. The van der Waals surface area contributed by atoms with Crippen LogP contribution in [0.3, 0.4) is 0 Å². The summed E-state index contributed by atoms with van der Waals surface area (Å²) in [4.78, 5) is 0. The van der Waals surface area contributed by atoms with Crippen LogP contribution in [0, 0.1) is 0 Å². The first-order chi connectivity index (χ1) is 9.77. The second-order valence-electron chi connectivity index (χ2n) is 5.83. The minimum atomic E-state index is 0.152. The van der Waals surface area contributed by atoms with Crippen molar-refractivity contribution in [3.63, 3.8) is 0 Å². The predicted octanol–water partition coefficient (Wildman–Crippen LogP) is 2.96. The van der Waals surface area contributed by atoms with Crippen molar-refractivity contribution < 1.29 is 9.47 Å². The van der Waals surface area contributed by atoms with Gasteiger partial charge in [-0.25, -0.2) is 0 Å². The largest absolute Gasteiger partial charge is 0.493 e. The van der Waals surface area contributed by atoms with Crippen LogP contribution in [0.25, 0.3) is 0 Å². The van der Waals surface area contributed by atoms with Crippen LogP contribution in [0.15, 0.2) is 18.2 Å². The van der Waals surface area contributed by atoms with Crippen molar-refractivity contribution in [2.45, 2.75) is 37.2 Å². The summed E-state index contributed by atoms with van der Waals surface area (Å²) in [7, 11) is 1.70. The maximum atomic E-state index is 6.08. The van der Waals surface area contributed by atoms with Crippen molar-refractivity contribution >= 4 is 11.8 Å². The van der Waals surface area contributed by atoms with Crippen LogP contribution >= 0.6 is 11.8 Å². The zero-order valence-corrected chi connectivity index (χ0v) is 12.9. The second-order valence-corrected chi connectivity index (χ2v) is 6.91. The third kappa shape index (κ3) is 2.51. The second kappa shape index (κ2) is 5.86. The number of nitrogens with two attached hydrogens (primary N) is 1. The number of hydrogen-bond donors (Lipinski definition) is 1. The van der Waals surface area contributed by atoms with E-state index in [0.29, 0.717) is 6.10 Å². The van der Waals surface area contributed by atoms with Crippen LogP contribution in [0.2, 0.25) is 0 Å². The molecule has 110 valence electrons. The van der Waals surface area contributed by atoms with Gasteiger partial charge in [-0.3, -0.25) is 0 Å². The lowest BCUT2D eigenvalue weighted by molar-refractivity contribution is 0.227. The van der Waals surface area contributed by atoms with Crippen molar-refractivity contribution in [3.8, 4) is 11.5 Å². The summed E-state index contributed by atoms with van der Waals surface area (Å²) in [6, 6.07) is 6.37. The van der Waals surface area contributed by atoms with Crippen LogP contribution in [-0.4, -0.2) is 31.3 Å². The normalized spacial score (nSPS) is 21.5. The lowest BCUT2D eigenvalue weighted by Gasteiger charge is -2.30. The Bertz CT molecular complexity index is 468. The van der Waals surface area contributed by atoms with E-state index in [9.17, 15) is 0 Å². The van der Waals surface area contributed by atoms with Crippen molar-refractivity contribution in [3.05, 3.63) is 23.8 Å². The molecule has 2 N–H and O–H groups in total. The Hall–Kier alpha value is -0.870. The predicted molar refractivity (Wildman–Crippen MR) is 83.9 cm³/mol. The van der Waals surface area contributed by atoms with Crippen LogP contribution in [0.4, 0.5) is 0 Å². The minimum Gasteiger partial charge on any atom is -0.493 e. The summed E-state index contributed by atoms with van der Waals surface area (Å²) in [6.07, 6.45) is 5.27. The molecule has 1 aliphatic heterocycles. The highest BCUT2D eigenvalue weighted by molar-refractivity contribution is 8.00. The maximum absolute atomic E-state index is 6.08. The molecule has 3 nitrogen and oxygen atoms in total. The number of methoxy groups -OCH3 is 1. The van der Waals surface area contributed by atoms with Gasteiger partial charge in [0.15, 0.2) is 11.5 Å². The molecule has 20 heavy (non-hydrogen) atoms. The number of ether oxygens (including phenoxy) is 2. The van der Waals surface area contributed by atoms with E-state index in [-0.39, 0.29) is 5.41 Å². The third-order valence-corrected chi connectivity index (χ3v) is 5.84. The molecule has 4 heteroatoms. The molecule has 0 atom stereocenters. The fourth-order valence-electron chi connectivity index (χ4n) is 3.22. The Morgan fingerprint density at radius 2 is 2.00 bits per heavy atom. The van der Waals surface area contributed by atoms with Gasteiger partial charge < -0.3 is 15.2 Å². The summed E-state index contributed by atoms with van der Waals surface area (Å²) in [5, 5.41) is 0. The third-order valence-electron chi connectivity index (χ3n) is 4.63. The summed E-state index contributed by atoms with van der Waals surface area (Å²) in [5.41, 5.74) is 7.56.